The molecule has 1 amide bonds. The Kier molecular flexibility index (Phi) is 5.85. The molecule has 1 aliphatic rings. The lowest BCUT2D eigenvalue weighted by atomic mass is 10.1. The summed E-state index contributed by atoms with van der Waals surface area (Å²) in [6, 6.07) is 12.6. The van der Waals surface area contributed by atoms with Gasteiger partial charge in [0.05, 0.1) is 31.2 Å². The Balaban J connectivity index is 1.66. The predicted molar refractivity (Wildman–Crippen MR) is 119 cm³/mol. The number of nitrogens with one attached hydrogen (secondary N) is 2. The molecule has 0 spiro atoms. The third kappa shape index (κ3) is 4.09. The average molecular weight is 501 g/mol. The van der Waals surface area contributed by atoms with E-state index < -0.39 is 21.7 Å². The van der Waals surface area contributed by atoms with Gasteiger partial charge in [0.25, 0.3) is 15.9 Å². The number of hydrogen-bond donors (Lipinski definition) is 2. The summed E-state index contributed by atoms with van der Waals surface area (Å²) in [7, 11) is -4.02. The van der Waals surface area contributed by atoms with Crippen molar-refractivity contribution in [2.24, 2.45) is 0 Å². The zero-order valence-electron chi connectivity index (χ0n) is 15.5. The number of hydrazine groups is 1. The number of carbonyl (C=O) groups is 1. The molecule has 0 radical (unpaired) electrons. The second-order valence-corrected chi connectivity index (χ2v) is 9.58. The van der Waals surface area contributed by atoms with Crippen LogP contribution in [0.3, 0.4) is 0 Å². The zero-order chi connectivity index (χ0) is 22.3. The van der Waals surface area contributed by atoms with Crippen LogP contribution in [0.5, 0.6) is 0 Å². The molecular weight excluding hydrogens is 488 g/mol. The summed E-state index contributed by atoms with van der Waals surface area (Å²) in [5, 5.41) is 2.84. The first-order valence-electron chi connectivity index (χ1n) is 8.80. The fraction of sp³-hybridized carbons (Fsp3) is 0.0500. The molecule has 0 unspecified atom stereocenters. The van der Waals surface area contributed by atoms with Gasteiger partial charge >= 0.3 is 0 Å². The van der Waals surface area contributed by atoms with Gasteiger partial charge in [-0.3, -0.25) is 4.79 Å². The first kappa shape index (κ1) is 21.9. The minimum Gasteiger partial charge on any atom is -0.322 e. The van der Waals surface area contributed by atoms with E-state index in [0.29, 0.717) is 11.3 Å². The van der Waals surface area contributed by atoms with Crippen molar-refractivity contribution in [2.75, 3.05) is 9.73 Å². The quantitative estimate of drug-likeness (QED) is 0.513. The third-order valence-corrected chi connectivity index (χ3v) is 7.30. The fourth-order valence-corrected chi connectivity index (χ4v) is 5.08. The standard InChI is InChI=1S/C20H13Cl3FN3O3S/c21-14-7-6-13(9-16(14)23)31(29,30)27-18-8-12(5-4-11(18)10-25-27)26-20(28)19-15(22)2-1-3-17(19)24/h1-9,25H,10H2,(H,26,28). The summed E-state index contributed by atoms with van der Waals surface area (Å²) in [5.74, 6) is -1.52. The van der Waals surface area contributed by atoms with Gasteiger partial charge in [0.2, 0.25) is 0 Å². The Hall–Kier alpha value is -2.36. The molecule has 3 aromatic carbocycles. The van der Waals surface area contributed by atoms with E-state index in [4.69, 9.17) is 34.8 Å². The molecule has 3 aromatic rings. The number of nitrogens with zero attached hydrogens (tertiary/aromatic N) is 1. The molecule has 1 aliphatic heterocycles. The van der Waals surface area contributed by atoms with Gasteiger partial charge < -0.3 is 5.32 Å². The Bertz CT molecular complexity index is 1300. The van der Waals surface area contributed by atoms with Crippen LogP contribution in [0, 0.1) is 5.82 Å². The van der Waals surface area contributed by atoms with Crippen molar-refractivity contribution in [1.29, 1.82) is 0 Å². The highest BCUT2D eigenvalue weighted by Gasteiger charge is 2.32. The predicted octanol–water partition coefficient (Wildman–Crippen LogP) is 5.25. The van der Waals surface area contributed by atoms with Crippen LogP contribution < -0.4 is 15.2 Å². The largest absolute Gasteiger partial charge is 0.322 e. The monoisotopic (exact) mass is 499 g/mol. The van der Waals surface area contributed by atoms with Crippen molar-refractivity contribution in [3.05, 3.63) is 86.6 Å². The lowest BCUT2D eigenvalue weighted by Gasteiger charge is -2.20. The number of benzene rings is 3. The van der Waals surface area contributed by atoms with Gasteiger partial charge in [0.1, 0.15) is 5.82 Å². The van der Waals surface area contributed by atoms with Gasteiger partial charge in [-0.15, -0.1) is 0 Å². The van der Waals surface area contributed by atoms with E-state index in [0.717, 1.165) is 10.5 Å². The number of rotatable bonds is 4. The molecule has 0 aromatic heterocycles. The van der Waals surface area contributed by atoms with Gasteiger partial charge in [0, 0.05) is 12.2 Å². The molecule has 31 heavy (non-hydrogen) atoms. The summed E-state index contributed by atoms with van der Waals surface area (Å²) in [6.45, 7) is 0.253. The van der Waals surface area contributed by atoms with Crippen LogP contribution in [-0.4, -0.2) is 14.3 Å². The number of carbonyl (C=O) groups excluding carboxylic acids is 1. The van der Waals surface area contributed by atoms with E-state index >= 15 is 0 Å². The molecule has 0 fully saturated rings. The number of amides is 1. The number of anilines is 2. The van der Waals surface area contributed by atoms with Gasteiger partial charge in [0.15, 0.2) is 0 Å². The van der Waals surface area contributed by atoms with Gasteiger partial charge in [-0.05, 0) is 48.0 Å². The number of halogens is 4. The maximum atomic E-state index is 14.0. The van der Waals surface area contributed by atoms with Crippen molar-refractivity contribution in [3.63, 3.8) is 0 Å². The minimum atomic E-state index is -4.02. The summed E-state index contributed by atoms with van der Waals surface area (Å²) in [5.41, 5.74) is 3.76. The summed E-state index contributed by atoms with van der Waals surface area (Å²) in [4.78, 5) is 12.5. The van der Waals surface area contributed by atoms with Crippen LogP contribution in [-0.2, 0) is 16.6 Å². The van der Waals surface area contributed by atoms with Crippen LogP contribution in [0.4, 0.5) is 15.8 Å². The third-order valence-electron chi connectivity index (χ3n) is 4.59. The van der Waals surface area contributed by atoms with Crippen LogP contribution in [0.1, 0.15) is 15.9 Å². The average Bonchev–Trinajstić information content (AvgIpc) is 3.14. The highest BCUT2D eigenvalue weighted by Crippen LogP contribution is 2.34. The summed E-state index contributed by atoms with van der Waals surface area (Å²) >= 11 is 17.8. The molecule has 11 heteroatoms. The molecule has 6 nitrogen and oxygen atoms in total. The van der Waals surface area contributed by atoms with Crippen LogP contribution in [0.2, 0.25) is 15.1 Å². The van der Waals surface area contributed by atoms with Crippen molar-refractivity contribution >= 4 is 62.1 Å². The number of sulfonamides is 1. The first-order valence-corrected chi connectivity index (χ1v) is 11.4. The maximum absolute atomic E-state index is 14.0. The highest BCUT2D eigenvalue weighted by molar-refractivity contribution is 7.92. The molecule has 0 bridgehead atoms. The molecule has 0 saturated carbocycles. The van der Waals surface area contributed by atoms with E-state index in [1.807, 2.05) is 0 Å². The Labute approximate surface area is 192 Å². The van der Waals surface area contributed by atoms with Crippen molar-refractivity contribution < 1.29 is 17.6 Å². The Morgan fingerprint density at radius 1 is 1.00 bits per heavy atom. The van der Waals surface area contributed by atoms with E-state index in [2.05, 4.69) is 10.7 Å². The SMILES string of the molecule is O=C(Nc1ccc2c(c1)N(S(=O)(=O)c1ccc(Cl)c(Cl)c1)NC2)c1c(F)cccc1Cl. The highest BCUT2D eigenvalue weighted by atomic mass is 35.5. The van der Waals surface area contributed by atoms with Gasteiger partial charge in [-0.2, -0.15) is 12.8 Å². The maximum Gasteiger partial charge on any atom is 0.277 e. The lowest BCUT2D eigenvalue weighted by molar-refractivity contribution is 0.102. The molecule has 2 N–H and O–H groups in total. The Morgan fingerprint density at radius 3 is 2.48 bits per heavy atom. The lowest BCUT2D eigenvalue weighted by Crippen LogP contribution is -2.38. The molecule has 0 saturated heterocycles. The first-order chi connectivity index (χ1) is 14.7. The summed E-state index contributed by atoms with van der Waals surface area (Å²) in [6.07, 6.45) is 0. The van der Waals surface area contributed by atoms with Crippen LogP contribution in [0.25, 0.3) is 0 Å². The van der Waals surface area contributed by atoms with Crippen LogP contribution in [0.15, 0.2) is 59.5 Å². The van der Waals surface area contributed by atoms with E-state index in [1.54, 1.807) is 12.1 Å². The van der Waals surface area contributed by atoms with Gasteiger partial charge in [-0.1, -0.05) is 46.9 Å². The minimum absolute atomic E-state index is 0.0378. The van der Waals surface area contributed by atoms with E-state index in [-0.39, 0.29) is 37.8 Å². The molecule has 4 rings (SSSR count). The van der Waals surface area contributed by atoms with E-state index in [9.17, 15) is 17.6 Å². The molecule has 1 heterocycles. The smallest absolute Gasteiger partial charge is 0.277 e. The fourth-order valence-electron chi connectivity index (χ4n) is 3.09. The second-order valence-electron chi connectivity index (χ2n) is 6.57. The van der Waals surface area contributed by atoms with Gasteiger partial charge in [-0.25, -0.2) is 9.82 Å². The molecular formula is C20H13Cl3FN3O3S. The normalized spacial score (nSPS) is 13.2. The topological polar surface area (TPSA) is 78.5 Å². The Morgan fingerprint density at radius 2 is 1.77 bits per heavy atom. The second kappa shape index (κ2) is 8.29. The van der Waals surface area contributed by atoms with Crippen molar-refractivity contribution in [1.82, 2.24) is 5.43 Å². The van der Waals surface area contributed by atoms with Crippen LogP contribution >= 0.6 is 34.8 Å². The molecule has 0 aliphatic carbocycles. The van der Waals surface area contributed by atoms with E-state index in [1.165, 1.54) is 36.4 Å². The van der Waals surface area contributed by atoms with Crippen molar-refractivity contribution in [2.45, 2.75) is 11.4 Å². The number of fused-ring (bicyclic) bond motifs is 1. The summed E-state index contributed by atoms with van der Waals surface area (Å²) < 4.78 is 41.2. The molecule has 160 valence electrons. The molecule has 0 atom stereocenters. The number of hydrogen-bond acceptors (Lipinski definition) is 4. The van der Waals surface area contributed by atoms with Crippen molar-refractivity contribution in [3.8, 4) is 0 Å². The zero-order valence-corrected chi connectivity index (χ0v) is 18.6.